The van der Waals surface area contributed by atoms with Crippen molar-refractivity contribution in [3.8, 4) is 0 Å². The van der Waals surface area contributed by atoms with Gasteiger partial charge in [0.1, 0.15) is 11.5 Å². The molecule has 1 N–H and O–H groups in total. The predicted molar refractivity (Wildman–Crippen MR) is 60.0 cm³/mol. The van der Waals surface area contributed by atoms with Crippen LogP contribution in [0.25, 0.3) is 0 Å². The summed E-state index contributed by atoms with van der Waals surface area (Å²) in [6, 6.07) is -0.639. The third kappa shape index (κ3) is 2.57. The Morgan fingerprint density at radius 2 is 1.82 bits per heavy atom. The van der Waals surface area contributed by atoms with E-state index in [-0.39, 0.29) is 5.91 Å². The van der Waals surface area contributed by atoms with Crippen molar-refractivity contribution in [2.45, 2.75) is 25.8 Å². The van der Waals surface area contributed by atoms with Gasteiger partial charge in [0.05, 0.1) is 7.11 Å². The summed E-state index contributed by atoms with van der Waals surface area (Å²) >= 11 is 0. The molecule has 1 rings (SSSR count). The average molecular weight is 242 g/mol. The first-order valence-corrected chi connectivity index (χ1v) is 5.45. The maximum atomic E-state index is 11.9. The van der Waals surface area contributed by atoms with Crippen LogP contribution < -0.4 is 5.32 Å². The van der Waals surface area contributed by atoms with Crippen LogP contribution in [0.2, 0.25) is 0 Å². The summed E-state index contributed by atoms with van der Waals surface area (Å²) in [6.07, 6.45) is 0.961. The fraction of sp³-hybridized carbons (Fsp3) is 0.727. The van der Waals surface area contributed by atoms with E-state index in [0.29, 0.717) is 12.8 Å². The van der Waals surface area contributed by atoms with Crippen LogP contribution in [0.5, 0.6) is 0 Å². The first-order chi connectivity index (χ1) is 7.85. The fourth-order valence-electron chi connectivity index (χ4n) is 1.63. The second kappa shape index (κ2) is 4.73. The lowest BCUT2D eigenvalue weighted by Crippen LogP contribution is -2.48. The van der Waals surface area contributed by atoms with Gasteiger partial charge in [-0.15, -0.1) is 0 Å². The van der Waals surface area contributed by atoms with Crippen LogP contribution in [0.4, 0.5) is 0 Å². The zero-order valence-corrected chi connectivity index (χ0v) is 10.6. The largest absolute Gasteiger partial charge is 0.468 e. The minimum absolute atomic E-state index is 0.209. The van der Waals surface area contributed by atoms with Crippen molar-refractivity contribution in [3.63, 3.8) is 0 Å². The Hall–Kier alpha value is -1.59. The lowest BCUT2D eigenvalue weighted by Gasteiger charge is -2.20. The molecule has 1 unspecified atom stereocenters. The van der Waals surface area contributed by atoms with Crippen LogP contribution >= 0.6 is 0 Å². The number of amides is 2. The quantitative estimate of drug-likeness (QED) is 0.534. The summed E-state index contributed by atoms with van der Waals surface area (Å²) in [5.74, 6) is -1.16. The average Bonchev–Trinajstić information content (AvgIpc) is 3.07. The number of hydrogen-bond donors (Lipinski definition) is 1. The molecule has 0 heterocycles. The van der Waals surface area contributed by atoms with Gasteiger partial charge in [0.2, 0.25) is 11.8 Å². The predicted octanol–water partition coefficient (Wildman–Crippen LogP) is -0.467. The van der Waals surface area contributed by atoms with Crippen molar-refractivity contribution in [2.75, 3.05) is 21.2 Å². The van der Waals surface area contributed by atoms with Crippen LogP contribution in [0.1, 0.15) is 19.8 Å². The number of ether oxygens (including phenoxy) is 1. The van der Waals surface area contributed by atoms with Crippen molar-refractivity contribution in [3.05, 3.63) is 0 Å². The van der Waals surface area contributed by atoms with Gasteiger partial charge in [-0.05, 0) is 19.8 Å². The zero-order chi connectivity index (χ0) is 13.2. The van der Waals surface area contributed by atoms with E-state index in [1.54, 1.807) is 21.0 Å². The van der Waals surface area contributed by atoms with E-state index in [4.69, 9.17) is 0 Å². The van der Waals surface area contributed by atoms with Crippen LogP contribution in [0.3, 0.4) is 0 Å². The summed E-state index contributed by atoms with van der Waals surface area (Å²) in [7, 11) is 4.47. The van der Waals surface area contributed by atoms with Gasteiger partial charge in [0.15, 0.2) is 0 Å². The number of methoxy groups -OCH3 is 1. The van der Waals surface area contributed by atoms with Gasteiger partial charge in [0, 0.05) is 14.1 Å². The lowest BCUT2D eigenvalue weighted by molar-refractivity contribution is -0.153. The molecule has 1 atom stereocenters. The van der Waals surface area contributed by atoms with Crippen molar-refractivity contribution in [1.29, 1.82) is 0 Å². The van der Waals surface area contributed by atoms with Crippen molar-refractivity contribution in [2.24, 2.45) is 5.41 Å². The summed E-state index contributed by atoms with van der Waals surface area (Å²) in [6.45, 7) is 1.59. The molecule has 17 heavy (non-hydrogen) atoms. The number of esters is 1. The molecule has 0 radical (unpaired) electrons. The molecule has 1 fully saturated rings. The molecule has 1 saturated carbocycles. The third-order valence-corrected chi connectivity index (χ3v) is 2.92. The van der Waals surface area contributed by atoms with Crippen LogP contribution in [0.15, 0.2) is 0 Å². The maximum Gasteiger partial charge on any atom is 0.321 e. The summed E-state index contributed by atoms with van der Waals surface area (Å²) in [4.78, 5) is 36.3. The number of likely N-dealkylation sites (N-methyl/N-ethyl adjacent to an activating group) is 1. The Bertz CT molecular complexity index is 347. The highest BCUT2D eigenvalue weighted by Gasteiger charge is 2.58. The standard InChI is InChI=1S/C11H18N2O4/c1-7(8(14)13(2)3)12-9(15)11(5-6-11)10(16)17-4/h7H,5-6H2,1-4H3,(H,12,15). The highest BCUT2D eigenvalue weighted by Crippen LogP contribution is 2.46. The molecule has 6 nitrogen and oxygen atoms in total. The summed E-state index contributed by atoms with van der Waals surface area (Å²) in [5, 5.41) is 2.55. The molecule has 0 aromatic carbocycles. The van der Waals surface area contributed by atoms with Gasteiger partial charge in [-0.3, -0.25) is 14.4 Å². The van der Waals surface area contributed by atoms with E-state index >= 15 is 0 Å². The number of rotatable bonds is 4. The summed E-state index contributed by atoms with van der Waals surface area (Å²) in [5.41, 5.74) is -1.06. The van der Waals surface area contributed by atoms with Gasteiger partial charge < -0.3 is 15.0 Å². The van der Waals surface area contributed by atoms with E-state index in [9.17, 15) is 14.4 Å². The third-order valence-electron chi connectivity index (χ3n) is 2.92. The minimum Gasteiger partial charge on any atom is -0.468 e. The highest BCUT2D eigenvalue weighted by atomic mass is 16.5. The molecule has 0 aromatic rings. The Balaban J connectivity index is 2.62. The lowest BCUT2D eigenvalue weighted by atomic mass is 10.1. The van der Waals surface area contributed by atoms with Crippen LogP contribution in [0, 0.1) is 5.41 Å². The summed E-state index contributed by atoms with van der Waals surface area (Å²) < 4.78 is 4.59. The van der Waals surface area contributed by atoms with E-state index in [0.717, 1.165) is 0 Å². The Labute approximate surface area is 100 Å². The normalized spacial score (nSPS) is 17.9. The Morgan fingerprint density at radius 3 is 2.18 bits per heavy atom. The number of carbonyl (C=O) groups is 3. The smallest absolute Gasteiger partial charge is 0.321 e. The van der Waals surface area contributed by atoms with Crippen LogP contribution in [-0.4, -0.2) is 49.9 Å². The monoisotopic (exact) mass is 242 g/mol. The molecule has 0 saturated heterocycles. The Kier molecular flexibility index (Phi) is 3.75. The zero-order valence-electron chi connectivity index (χ0n) is 10.6. The number of carbonyl (C=O) groups excluding carboxylic acids is 3. The topological polar surface area (TPSA) is 75.7 Å². The number of nitrogens with zero attached hydrogens (tertiary/aromatic N) is 1. The van der Waals surface area contributed by atoms with Gasteiger partial charge in [0.25, 0.3) is 0 Å². The molecule has 1 aliphatic carbocycles. The first-order valence-electron chi connectivity index (χ1n) is 5.45. The molecular weight excluding hydrogens is 224 g/mol. The van der Waals surface area contributed by atoms with Gasteiger partial charge in [-0.2, -0.15) is 0 Å². The molecule has 0 aliphatic heterocycles. The number of hydrogen-bond acceptors (Lipinski definition) is 4. The van der Waals surface area contributed by atoms with Crippen LogP contribution in [-0.2, 0) is 19.1 Å². The maximum absolute atomic E-state index is 11.9. The molecule has 6 heteroatoms. The van der Waals surface area contributed by atoms with Crippen molar-refractivity contribution < 1.29 is 19.1 Å². The second-order valence-corrected chi connectivity index (χ2v) is 4.50. The number of nitrogens with one attached hydrogen (secondary N) is 1. The SMILES string of the molecule is COC(=O)C1(C(=O)NC(C)C(=O)N(C)C)CC1. The molecule has 96 valence electrons. The van der Waals surface area contributed by atoms with E-state index in [1.165, 1.54) is 12.0 Å². The van der Waals surface area contributed by atoms with Gasteiger partial charge in [-0.1, -0.05) is 0 Å². The van der Waals surface area contributed by atoms with Crippen molar-refractivity contribution >= 4 is 17.8 Å². The second-order valence-electron chi connectivity index (χ2n) is 4.50. The van der Waals surface area contributed by atoms with Gasteiger partial charge >= 0.3 is 5.97 Å². The minimum atomic E-state index is -1.06. The fourth-order valence-corrected chi connectivity index (χ4v) is 1.63. The van der Waals surface area contributed by atoms with E-state index in [2.05, 4.69) is 10.1 Å². The van der Waals surface area contributed by atoms with E-state index in [1.807, 2.05) is 0 Å². The molecule has 2 amide bonds. The highest BCUT2D eigenvalue weighted by molar-refractivity contribution is 6.06. The first kappa shape index (κ1) is 13.5. The van der Waals surface area contributed by atoms with Gasteiger partial charge in [-0.25, -0.2) is 0 Å². The van der Waals surface area contributed by atoms with E-state index < -0.39 is 23.3 Å². The molecule has 1 aliphatic rings. The molecular formula is C11H18N2O4. The van der Waals surface area contributed by atoms with Crippen molar-refractivity contribution in [1.82, 2.24) is 10.2 Å². The molecule has 0 spiro atoms. The Morgan fingerprint density at radius 1 is 1.29 bits per heavy atom. The molecule has 0 bridgehead atoms. The molecule has 0 aromatic heterocycles.